The highest BCUT2D eigenvalue weighted by atomic mass is 32.2. The predicted octanol–water partition coefficient (Wildman–Crippen LogP) is 1.49. The number of ether oxygens (including phenoxy) is 2. The zero-order valence-electron chi connectivity index (χ0n) is 19.5. The van der Waals surface area contributed by atoms with Crippen LogP contribution in [-0.4, -0.2) is 64.9 Å². The molecule has 34 heavy (non-hydrogen) atoms. The van der Waals surface area contributed by atoms with Gasteiger partial charge in [-0.25, -0.2) is 12.7 Å². The van der Waals surface area contributed by atoms with Crippen LogP contribution in [0.2, 0.25) is 0 Å². The summed E-state index contributed by atoms with van der Waals surface area (Å²) >= 11 is 0. The first kappa shape index (κ1) is 26.8. The minimum absolute atomic E-state index is 0.0397. The molecule has 2 rings (SSSR count). The third-order valence-corrected chi connectivity index (χ3v) is 6.60. The molecule has 0 aliphatic carbocycles. The van der Waals surface area contributed by atoms with Gasteiger partial charge in [-0.05, 0) is 42.8 Å². The summed E-state index contributed by atoms with van der Waals surface area (Å²) in [4.78, 5) is 37.1. The predicted molar refractivity (Wildman–Crippen MR) is 125 cm³/mol. The van der Waals surface area contributed by atoms with Crippen LogP contribution < -0.4 is 15.4 Å². The van der Waals surface area contributed by atoms with Gasteiger partial charge in [-0.15, -0.1) is 0 Å². The van der Waals surface area contributed by atoms with E-state index in [0.717, 1.165) is 4.31 Å². The van der Waals surface area contributed by atoms with Gasteiger partial charge in [-0.3, -0.25) is 14.4 Å². The van der Waals surface area contributed by atoms with Gasteiger partial charge < -0.3 is 20.1 Å². The van der Waals surface area contributed by atoms with Crippen LogP contribution in [0.1, 0.15) is 35.3 Å². The van der Waals surface area contributed by atoms with Crippen molar-refractivity contribution in [2.75, 3.05) is 34.4 Å². The molecule has 2 amide bonds. The van der Waals surface area contributed by atoms with Gasteiger partial charge in [0.25, 0.3) is 5.91 Å². The Morgan fingerprint density at radius 1 is 1.06 bits per heavy atom. The molecule has 0 bridgehead atoms. The Labute approximate surface area is 199 Å². The zero-order chi connectivity index (χ0) is 25.3. The smallest absolute Gasteiger partial charge is 0.308 e. The van der Waals surface area contributed by atoms with Crippen LogP contribution in [0.15, 0.2) is 53.4 Å². The van der Waals surface area contributed by atoms with Gasteiger partial charge in [0.2, 0.25) is 15.9 Å². The van der Waals surface area contributed by atoms with Crippen molar-refractivity contribution in [3.8, 4) is 5.75 Å². The average molecular weight is 492 g/mol. The van der Waals surface area contributed by atoms with E-state index in [9.17, 15) is 22.8 Å². The molecule has 11 heteroatoms. The summed E-state index contributed by atoms with van der Waals surface area (Å²) in [6.45, 7) is 1.51. The Bertz CT molecular complexity index is 1130. The molecule has 0 radical (unpaired) electrons. The van der Waals surface area contributed by atoms with Crippen molar-refractivity contribution in [2.45, 2.75) is 24.3 Å². The van der Waals surface area contributed by atoms with E-state index >= 15 is 0 Å². The van der Waals surface area contributed by atoms with Crippen LogP contribution in [-0.2, 0) is 24.3 Å². The topological polar surface area (TPSA) is 131 Å². The number of benzene rings is 2. The van der Waals surface area contributed by atoms with Crippen LogP contribution in [0.5, 0.6) is 5.75 Å². The summed E-state index contributed by atoms with van der Waals surface area (Å²) in [6, 6.07) is 11.7. The number of hydrogen-bond donors (Lipinski definition) is 2. The third kappa shape index (κ3) is 7.29. The molecule has 1 unspecified atom stereocenters. The lowest BCUT2D eigenvalue weighted by atomic mass is 10.0. The van der Waals surface area contributed by atoms with Crippen LogP contribution >= 0.6 is 0 Å². The second-order valence-corrected chi connectivity index (χ2v) is 9.56. The number of hydrogen-bond acceptors (Lipinski definition) is 7. The monoisotopic (exact) mass is 491 g/mol. The molecule has 0 fully saturated rings. The van der Waals surface area contributed by atoms with Gasteiger partial charge in [-0.1, -0.05) is 18.2 Å². The summed E-state index contributed by atoms with van der Waals surface area (Å²) in [5.74, 6) is -1.09. The van der Waals surface area contributed by atoms with E-state index in [1.54, 1.807) is 31.2 Å². The van der Waals surface area contributed by atoms with Crippen molar-refractivity contribution in [1.82, 2.24) is 14.9 Å². The lowest BCUT2D eigenvalue weighted by Gasteiger charge is -2.19. The highest BCUT2D eigenvalue weighted by molar-refractivity contribution is 7.89. The Morgan fingerprint density at radius 2 is 1.76 bits per heavy atom. The molecule has 10 nitrogen and oxygen atoms in total. The number of carbonyl (C=O) groups excluding carboxylic acids is 3. The summed E-state index contributed by atoms with van der Waals surface area (Å²) in [7, 11) is 0.574. The molecule has 2 aromatic rings. The number of nitrogens with zero attached hydrogens (tertiary/aromatic N) is 1. The molecule has 0 aliphatic heterocycles. The Kier molecular flexibility index (Phi) is 9.58. The quantitative estimate of drug-likeness (QED) is 0.455. The lowest BCUT2D eigenvalue weighted by Crippen LogP contribution is -2.39. The third-order valence-electron chi connectivity index (χ3n) is 4.79. The van der Waals surface area contributed by atoms with Crippen LogP contribution in [0.4, 0.5) is 0 Å². The minimum Gasteiger partial charge on any atom is -0.497 e. The number of nitrogens with one attached hydrogen (secondary N) is 2. The number of sulfonamides is 1. The summed E-state index contributed by atoms with van der Waals surface area (Å²) < 4.78 is 35.8. The van der Waals surface area contributed by atoms with E-state index in [0.29, 0.717) is 11.3 Å². The van der Waals surface area contributed by atoms with E-state index in [1.807, 2.05) is 0 Å². The number of methoxy groups -OCH3 is 1. The summed E-state index contributed by atoms with van der Waals surface area (Å²) in [5, 5.41) is 5.18. The van der Waals surface area contributed by atoms with E-state index in [2.05, 4.69) is 10.6 Å². The van der Waals surface area contributed by atoms with Crippen LogP contribution in [0, 0.1) is 0 Å². The van der Waals surface area contributed by atoms with Crippen LogP contribution in [0.25, 0.3) is 0 Å². The normalized spacial score (nSPS) is 12.0. The summed E-state index contributed by atoms with van der Waals surface area (Å²) in [5.41, 5.74) is 0.722. The maximum absolute atomic E-state index is 12.6. The van der Waals surface area contributed by atoms with E-state index in [1.165, 1.54) is 45.5 Å². The van der Waals surface area contributed by atoms with Crippen molar-refractivity contribution in [1.29, 1.82) is 0 Å². The first-order valence-corrected chi connectivity index (χ1v) is 11.9. The first-order chi connectivity index (χ1) is 16.1. The second kappa shape index (κ2) is 12.1. The highest BCUT2D eigenvalue weighted by Gasteiger charge is 2.21. The van der Waals surface area contributed by atoms with E-state index < -0.39 is 33.8 Å². The van der Waals surface area contributed by atoms with Gasteiger partial charge >= 0.3 is 5.97 Å². The Hall–Kier alpha value is -3.44. The molecule has 2 N–H and O–H groups in total. The maximum atomic E-state index is 12.6. The van der Waals surface area contributed by atoms with Crippen molar-refractivity contribution in [2.24, 2.45) is 0 Å². The largest absolute Gasteiger partial charge is 0.497 e. The molecule has 0 aliphatic rings. The SMILES string of the molecule is CCOC(=O)CC(NC(=O)CNC(=O)c1cccc(S(=O)(=O)N(C)C)c1)c1cccc(OC)c1. The lowest BCUT2D eigenvalue weighted by molar-refractivity contribution is -0.143. The van der Waals surface area contributed by atoms with Crippen molar-refractivity contribution in [3.63, 3.8) is 0 Å². The molecule has 0 spiro atoms. The molecule has 0 heterocycles. The minimum atomic E-state index is -3.71. The fraction of sp³-hybridized carbons (Fsp3) is 0.348. The average Bonchev–Trinajstić information content (AvgIpc) is 2.82. The second-order valence-electron chi connectivity index (χ2n) is 7.40. The molecule has 184 valence electrons. The maximum Gasteiger partial charge on any atom is 0.308 e. The summed E-state index contributed by atoms with van der Waals surface area (Å²) in [6.07, 6.45) is -0.106. The highest BCUT2D eigenvalue weighted by Crippen LogP contribution is 2.22. The molecule has 2 aromatic carbocycles. The number of rotatable bonds is 11. The van der Waals surface area contributed by atoms with Gasteiger partial charge in [0.15, 0.2) is 0 Å². The zero-order valence-corrected chi connectivity index (χ0v) is 20.3. The first-order valence-electron chi connectivity index (χ1n) is 10.5. The van der Waals surface area contributed by atoms with E-state index in [4.69, 9.17) is 9.47 Å². The van der Waals surface area contributed by atoms with Gasteiger partial charge in [0.1, 0.15) is 5.75 Å². The van der Waals surface area contributed by atoms with E-state index in [-0.39, 0.29) is 30.0 Å². The standard InChI is InChI=1S/C23H29N3O7S/c1-5-33-22(28)14-20(16-8-6-10-18(12-16)32-4)25-21(27)15-24-23(29)17-9-7-11-19(13-17)34(30,31)26(2)3/h6-13,20H,5,14-15H2,1-4H3,(H,24,29)(H,25,27). The van der Waals surface area contributed by atoms with Gasteiger partial charge in [-0.2, -0.15) is 0 Å². The van der Waals surface area contributed by atoms with Crippen LogP contribution in [0.3, 0.4) is 0 Å². The van der Waals surface area contributed by atoms with Gasteiger partial charge in [0.05, 0.1) is 37.6 Å². The molecule has 0 saturated heterocycles. The van der Waals surface area contributed by atoms with Crippen molar-refractivity contribution < 1.29 is 32.3 Å². The molecule has 1 atom stereocenters. The Balaban J connectivity index is 2.09. The Morgan fingerprint density at radius 3 is 2.41 bits per heavy atom. The molecular weight excluding hydrogens is 462 g/mol. The van der Waals surface area contributed by atoms with Crippen molar-refractivity contribution >= 4 is 27.8 Å². The fourth-order valence-electron chi connectivity index (χ4n) is 3.01. The van der Waals surface area contributed by atoms with Crippen molar-refractivity contribution in [3.05, 3.63) is 59.7 Å². The fourth-order valence-corrected chi connectivity index (χ4v) is 3.96. The number of carbonyl (C=O) groups is 3. The molecule has 0 saturated carbocycles. The number of amides is 2. The molecule has 0 aromatic heterocycles. The van der Waals surface area contributed by atoms with Gasteiger partial charge in [0, 0.05) is 19.7 Å². The number of esters is 1. The molecular formula is C23H29N3O7S.